The SMILES string of the molecule is Cc1ccccc1OCCOc1ccc(C=O)cc1Br. The molecule has 0 aliphatic rings. The number of rotatable bonds is 6. The van der Waals surface area contributed by atoms with Gasteiger partial charge in [0.05, 0.1) is 4.47 Å². The van der Waals surface area contributed by atoms with Crippen LogP contribution in [0.2, 0.25) is 0 Å². The molecule has 0 fully saturated rings. The van der Waals surface area contributed by atoms with Crippen LogP contribution in [0.1, 0.15) is 15.9 Å². The third-order valence-corrected chi connectivity index (χ3v) is 3.40. The maximum absolute atomic E-state index is 10.6. The fourth-order valence-corrected chi connectivity index (χ4v) is 2.24. The van der Waals surface area contributed by atoms with E-state index in [9.17, 15) is 4.79 Å². The Morgan fingerprint density at radius 2 is 1.75 bits per heavy atom. The van der Waals surface area contributed by atoms with Crippen molar-refractivity contribution in [2.24, 2.45) is 0 Å². The molecular formula is C16H15BrO3. The van der Waals surface area contributed by atoms with Crippen LogP contribution in [0.15, 0.2) is 46.9 Å². The van der Waals surface area contributed by atoms with E-state index in [1.807, 2.05) is 31.2 Å². The summed E-state index contributed by atoms with van der Waals surface area (Å²) in [6.45, 7) is 2.91. The Morgan fingerprint density at radius 3 is 2.40 bits per heavy atom. The van der Waals surface area contributed by atoms with Crippen molar-refractivity contribution >= 4 is 22.2 Å². The number of ether oxygens (including phenoxy) is 2. The van der Waals surface area contributed by atoms with Crippen LogP contribution in [0, 0.1) is 6.92 Å². The lowest BCUT2D eigenvalue weighted by atomic mass is 10.2. The maximum Gasteiger partial charge on any atom is 0.150 e. The van der Waals surface area contributed by atoms with Gasteiger partial charge >= 0.3 is 0 Å². The zero-order chi connectivity index (χ0) is 14.4. The van der Waals surface area contributed by atoms with Gasteiger partial charge in [0.15, 0.2) is 0 Å². The highest BCUT2D eigenvalue weighted by molar-refractivity contribution is 9.10. The molecule has 0 heterocycles. The summed E-state index contributed by atoms with van der Waals surface area (Å²) in [5.41, 5.74) is 1.71. The summed E-state index contributed by atoms with van der Waals surface area (Å²) in [5.74, 6) is 1.57. The van der Waals surface area contributed by atoms with E-state index in [0.29, 0.717) is 24.5 Å². The molecule has 0 unspecified atom stereocenters. The molecule has 0 amide bonds. The summed E-state index contributed by atoms with van der Waals surface area (Å²) in [4.78, 5) is 10.6. The smallest absolute Gasteiger partial charge is 0.150 e. The molecule has 0 aromatic heterocycles. The van der Waals surface area contributed by atoms with Crippen molar-refractivity contribution < 1.29 is 14.3 Å². The first-order chi connectivity index (χ1) is 9.70. The molecule has 0 saturated carbocycles. The number of benzene rings is 2. The molecule has 0 bridgehead atoms. The normalized spacial score (nSPS) is 10.1. The standard InChI is InChI=1S/C16H15BrO3/c1-12-4-2-3-5-15(12)19-8-9-20-16-7-6-13(11-18)10-14(16)17/h2-7,10-11H,8-9H2,1H3. The van der Waals surface area contributed by atoms with Crippen LogP contribution in [-0.2, 0) is 0 Å². The Labute approximate surface area is 126 Å². The van der Waals surface area contributed by atoms with Gasteiger partial charge in [-0.05, 0) is 52.7 Å². The van der Waals surface area contributed by atoms with Gasteiger partial charge in [-0.2, -0.15) is 0 Å². The predicted molar refractivity (Wildman–Crippen MR) is 81.7 cm³/mol. The molecule has 0 atom stereocenters. The molecule has 0 radical (unpaired) electrons. The number of hydrogen-bond acceptors (Lipinski definition) is 3. The predicted octanol–water partition coefficient (Wildman–Crippen LogP) is 4.03. The van der Waals surface area contributed by atoms with Crippen LogP contribution in [0.5, 0.6) is 11.5 Å². The summed E-state index contributed by atoms with van der Waals surface area (Å²) in [5, 5.41) is 0. The van der Waals surface area contributed by atoms with Gasteiger partial charge in [-0.15, -0.1) is 0 Å². The fourth-order valence-electron chi connectivity index (χ4n) is 1.73. The Hall–Kier alpha value is -1.81. The summed E-state index contributed by atoms with van der Waals surface area (Å²) in [7, 11) is 0. The average Bonchev–Trinajstić information content (AvgIpc) is 2.46. The summed E-state index contributed by atoms with van der Waals surface area (Å²) < 4.78 is 12.0. The van der Waals surface area contributed by atoms with Gasteiger partial charge in [0.2, 0.25) is 0 Å². The van der Waals surface area contributed by atoms with Gasteiger partial charge in [0.25, 0.3) is 0 Å². The lowest BCUT2D eigenvalue weighted by Crippen LogP contribution is -2.09. The van der Waals surface area contributed by atoms with Gasteiger partial charge < -0.3 is 9.47 Å². The molecule has 20 heavy (non-hydrogen) atoms. The molecule has 0 aliphatic heterocycles. The summed E-state index contributed by atoms with van der Waals surface area (Å²) in [6.07, 6.45) is 0.801. The molecule has 4 heteroatoms. The topological polar surface area (TPSA) is 35.5 Å². The van der Waals surface area contributed by atoms with Crippen molar-refractivity contribution in [3.05, 3.63) is 58.1 Å². The first kappa shape index (κ1) is 14.6. The molecule has 0 N–H and O–H groups in total. The number of carbonyl (C=O) groups is 1. The highest BCUT2D eigenvalue weighted by Crippen LogP contribution is 2.25. The summed E-state index contributed by atoms with van der Waals surface area (Å²) in [6, 6.07) is 13.1. The molecule has 0 aliphatic carbocycles. The van der Waals surface area contributed by atoms with Gasteiger partial charge in [0, 0.05) is 5.56 Å². The van der Waals surface area contributed by atoms with Gasteiger partial charge in [0.1, 0.15) is 31.0 Å². The van der Waals surface area contributed by atoms with Crippen LogP contribution in [0.25, 0.3) is 0 Å². The summed E-state index contributed by atoms with van der Waals surface area (Å²) >= 11 is 3.37. The number of halogens is 1. The second-order valence-electron chi connectivity index (χ2n) is 4.27. The Kier molecular flexibility index (Phi) is 5.18. The Morgan fingerprint density at radius 1 is 1.05 bits per heavy atom. The van der Waals surface area contributed by atoms with Crippen LogP contribution in [0.4, 0.5) is 0 Å². The minimum absolute atomic E-state index is 0.438. The van der Waals surface area contributed by atoms with Gasteiger partial charge in [-0.25, -0.2) is 0 Å². The van der Waals surface area contributed by atoms with E-state index in [1.54, 1.807) is 18.2 Å². The van der Waals surface area contributed by atoms with Gasteiger partial charge in [-0.1, -0.05) is 18.2 Å². The Balaban J connectivity index is 1.84. The largest absolute Gasteiger partial charge is 0.490 e. The van der Waals surface area contributed by atoms with Crippen molar-refractivity contribution in [3.8, 4) is 11.5 Å². The first-order valence-corrected chi connectivity index (χ1v) is 7.06. The van der Waals surface area contributed by atoms with E-state index in [1.165, 1.54) is 0 Å². The molecule has 2 aromatic carbocycles. The van der Waals surface area contributed by atoms with Crippen LogP contribution < -0.4 is 9.47 Å². The van der Waals surface area contributed by atoms with Crippen molar-refractivity contribution in [2.45, 2.75) is 6.92 Å². The molecule has 3 nitrogen and oxygen atoms in total. The Bertz CT molecular complexity index is 596. The van der Waals surface area contributed by atoms with Crippen LogP contribution >= 0.6 is 15.9 Å². The number of aldehydes is 1. The van der Waals surface area contributed by atoms with E-state index in [2.05, 4.69) is 15.9 Å². The van der Waals surface area contributed by atoms with Crippen molar-refractivity contribution in [1.29, 1.82) is 0 Å². The highest BCUT2D eigenvalue weighted by Gasteiger charge is 2.03. The minimum atomic E-state index is 0.438. The average molecular weight is 335 g/mol. The van der Waals surface area contributed by atoms with E-state index in [4.69, 9.17) is 9.47 Å². The first-order valence-electron chi connectivity index (χ1n) is 6.26. The molecule has 2 aromatic rings. The van der Waals surface area contributed by atoms with Crippen LogP contribution in [-0.4, -0.2) is 19.5 Å². The third kappa shape index (κ3) is 3.84. The highest BCUT2D eigenvalue weighted by atomic mass is 79.9. The number of aryl methyl sites for hydroxylation is 1. The monoisotopic (exact) mass is 334 g/mol. The second-order valence-corrected chi connectivity index (χ2v) is 5.12. The molecule has 2 rings (SSSR count). The van der Waals surface area contributed by atoms with E-state index < -0.39 is 0 Å². The zero-order valence-electron chi connectivity index (χ0n) is 11.1. The number of hydrogen-bond donors (Lipinski definition) is 0. The maximum atomic E-state index is 10.6. The quantitative estimate of drug-likeness (QED) is 0.591. The van der Waals surface area contributed by atoms with Crippen LogP contribution in [0.3, 0.4) is 0 Å². The van der Waals surface area contributed by atoms with Crippen molar-refractivity contribution in [2.75, 3.05) is 13.2 Å². The van der Waals surface area contributed by atoms with Crippen molar-refractivity contribution in [1.82, 2.24) is 0 Å². The number of para-hydroxylation sites is 1. The molecule has 0 saturated heterocycles. The van der Waals surface area contributed by atoms with Crippen molar-refractivity contribution in [3.63, 3.8) is 0 Å². The number of carbonyl (C=O) groups excluding carboxylic acids is 1. The fraction of sp³-hybridized carbons (Fsp3) is 0.188. The third-order valence-electron chi connectivity index (χ3n) is 2.78. The second kappa shape index (κ2) is 7.10. The van der Waals surface area contributed by atoms with E-state index >= 15 is 0 Å². The lowest BCUT2D eigenvalue weighted by Gasteiger charge is -2.11. The van der Waals surface area contributed by atoms with E-state index in [0.717, 1.165) is 22.1 Å². The molecule has 104 valence electrons. The molecule has 0 spiro atoms. The zero-order valence-corrected chi connectivity index (χ0v) is 12.7. The van der Waals surface area contributed by atoms with Gasteiger partial charge in [-0.3, -0.25) is 4.79 Å². The van der Waals surface area contributed by atoms with E-state index in [-0.39, 0.29) is 0 Å². The minimum Gasteiger partial charge on any atom is -0.490 e. The lowest BCUT2D eigenvalue weighted by molar-refractivity contribution is 0.112. The molecular weight excluding hydrogens is 320 g/mol.